The number of amides is 1. The van der Waals surface area contributed by atoms with E-state index in [9.17, 15) is 9.59 Å². The van der Waals surface area contributed by atoms with Crippen LogP contribution in [-0.2, 0) is 21.5 Å². The number of hydrogen-bond acceptors (Lipinski definition) is 4. The van der Waals surface area contributed by atoms with Crippen LogP contribution in [0, 0.1) is 5.92 Å². The van der Waals surface area contributed by atoms with Gasteiger partial charge >= 0.3 is 5.97 Å². The zero-order valence-corrected chi connectivity index (χ0v) is 18.1. The highest BCUT2D eigenvalue weighted by atomic mass is 16.5. The number of hydrogen-bond donors (Lipinski definition) is 1. The van der Waals surface area contributed by atoms with E-state index < -0.39 is 5.97 Å². The minimum atomic E-state index is -0.970. The van der Waals surface area contributed by atoms with Crippen LogP contribution in [-0.4, -0.2) is 59.6 Å². The molecule has 1 amide bonds. The van der Waals surface area contributed by atoms with Crippen LogP contribution in [0.25, 0.3) is 0 Å². The van der Waals surface area contributed by atoms with Gasteiger partial charge in [0.15, 0.2) is 6.61 Å². The van der Waals surface area contributed by atoms with Crippen LogP contribution in [0.15, 0.2) is 18.2 Å². The first kappa shape index (κ1) is 21.6. The molecule has 0 unspecified atom stereocenters. The van der Waals surface area contributed by atoms with Gasteiger partial charge in [0.05, 0.1) is 0 Å². The van der Waals surface area contributed by atoms with Crippen LogP contribution in [0.1, 0.15) is 57.6 Å². The number of carboxylic acid groups (broad SMARTS) is 1. The largest absolute Gasteiger partial charge is 0.482 e. The Hall–Kier alpha value is -2.08. The molecule has 0 aromatic heterocycles. The van der Waals surface area contributed by atoms with Crippen molar-refractivity contribution in [1.29, 1.82) is 0 Å². The van der Waals surface area contributed by atoms with E-state index in [1.807, 2.05) is 24.1 Å². The van der Waals surface area contributed by atoms with Crippen molar-refractivity contribution >= 4 is 11.9 Å². The van der Waals surface area contributed by atoms with Gasteiger partial charge in [-0.2, -0.15) is 0 Å². The molecule has 1 aromatic rings. The van der Waals surface area contributed by atoms with Gasteiger partial charge in [0.2, 0.25) is 5.91 Å². The molecule has 1 aromatic carbocycles. The number of carboxylic acids is 1. The van der Waals surface area contributed by atoms with Crippen LogP contribution in [0.4, 0.5) is 0 Å². The first-order valence-corrected chi connectivity index (χ1v) is 10.6. The molecule has 2 heterocycles. The van der Waals surface area contributed by atoms with E-state index in [0.717, 1.165) is 44.5 Å². The second-order valence-electron chi connectivity index (χ2n) is 9.50. The molecule has 2 aliphatic rings. The number of carbonyl (C=O) groups is 2. The lowest BCUT2D eigenvalue weighted by molar-refractivity contribution is -0.139. The maximum Gasteiger partial charge on any atom is 0.341 e. The lowest BCUT2D eigenvalue weighted by Gasteiger charge is -2.41. The average molecular weight is 403 g/mol. The lowest BCUT2D eigenvalue weighted by Crippen LogP contribution is -2.50. The molecule has 2 aliphatic heterocycles. The number of carbonyl (C=O) groups excluding carboxylic acids is 1. The number of rotatable bonds is 5. The Morgan fingerprint density at radius 1 is 1.28 bits per heavy atom. The summed E-state index contributed by atoms with van der Waals surface area (Å²) in [5.74, 6) is 0.445. The topological polar surface area (TPSA) is 70.1 Å². The molecule has 2 atom stereocenters. The lowest BCUT2D eigenvalue weighted by atomic mass is 9.85. The van der Waals surface area contributed by atoms with E-state index in [2.05, 4.69) is 31.7 Å². The number of fused-ring (bicyclic) bond motifs is 1. The average Bonchev–Trinajstić information content (AvgIpc) is 2.78. The van der Waals surface area contributed by atoms with Crippen molar-refractivity contribution in [2.45, 2.75) is 64.5 Å². The highest BCUT2D eigenvalue weighted by Crippen LogP contribution is 2.33. The van der Waals surface area contributed by atoms with Crippen molar-refractivity contribution in [3.63, 3.8) is 0 Å². The van der Waals surface area contributed by atoms with Crippen molar-refractivity contribution in [1.82, 2.24) is 9.80 Å². The van der Waals surface area contributed by atoms with Gasteiger partial charge in [-0.15, -0.1) is 0 Å². The van der Waals surface area contributed by atoms with Crippen LogP contribution < -0.4 is 4.74 Å². The van der Waals surface area contributed by atoms with Gasteiger partial charge in [0.25, 0.3) is 0 Å². The quantitative estimate of drug-likeness (QED) is 0.818. The molecule has 1 N–H and O–H groups in total. The van der Waals surface area contributed by atoms with Crippen LogP contribution >= 0.6 is 0 Å². The molecule has 2 saturated heterocycles. The number of nitrogens with zero attached hydrogens (tertiary/aromatic N) is 2. The van der Waals surface area contributed by atoms with Crippen LogP contribution in [0.2, 0.25) is 0 Å². The van der Waals surface area contributed by atoms with Crippen molar-refractivity contribution in [2.75, 3.05) is 26.7 Å². The van der Waals surface area contributed by atoms with Gasteiger partial charge < -0.3 is 14.7 Å². The number of likely N-dealkylation sites (tertiary alicyclic amines) is 2. The molecule has 3 rings (SSSR count). The molecule has 2 fully saturated rings. The Labute approximate surface area is 173 Å². The van der Waals surface area contributed by atoms with Gasteiger partial charge in [0.1, 0.15) is 5.75 Å². The first-order valence-electron chi connectivity index (χ1n) is 10.6. The monoisotopic (exact) mass is 402 g/mol. The normalized spacial score (nSPS) is 23.4. The second-order valence-corrected chi connectivity index (χ2v) is 9.50. The highest BCUT2D eigenvalue weighted by Gasteiger charge is 2.35. The molecule has 0 saturated carbocycles. The summed E-state index contributed by atoms with van der Waals surface area (Å²) in [6.07, 6.45) is 3.69. The maximum atomic E-state index is 12.2. The van der Waals surface area contributed by atoms with Crippen molar-refractivity contribution in [3.8, 4) is 5.75 Å². The first-order chi connectivity index (χ1) is 13.6. The molecular formula is C23H34N2O4. The standard InChI is InChI=1S/C23H34N2O4/c1-23(2,3)18-8-9-20(29-15-22(27)28)17(12-18)14-25-11-10-19-16(13-25)6-5-7-21(26)24(19)4/h8-9,12,16,19H,5-7,10-11,13-15H2,1-4H3,(H,27,28)/t16-,19+/m0/s1. The van der Waals surface area contributed by atoms with E-state index >= 15 is 0 Å². The summed E-state index contributed by atoms with van der Waals surface area (Å²) in [7, 11) is 1.95. The molecule has 160 valence electrons. The van der Waals surface area contributed by atoms with E-state index in [4.69, 9.17) is 9.84 Å². The Bertz CT molecular complexity index is 756. The molecule has 6 nitrogen and oxygen atoms in total. The fourth-order valence-electron chi connectivity index (χ4n) is 4.60. The van der Waals surface area contributed by atoms with E-state index in [0.29, 0.717) is 24.1 Å². The third-order valence-corrected chi connectivity index (χ3v) is 6.31. The maximum absolute atomic E-state index is 12.2. The minimum Gasteiger partial charge on any atom is -0.482 e. The SMILES string of the molecule is CN1C(=O)CCC[C@H]2CN(Cc3cc(C(C)(C)C)ccc3OCC(=O)O)CC[C@H]21. The Kier molecular flexibility index (Phi) is 6.52. The zero-order valence-electron chi connectivity index (χ0n) is 18.1. The van der Waals surface area contributed by atoms with Crippen LogP contribution in [0.5, 0.6) is 5.75 Å². The third-order valence-electron chi connectivity index (χ3n) is 6.31. The van der Waals surface area contributed by atoms with Gasteiger partial charge in [-0.25, -0.2) is 4.79 Å². The Morgan fingerprint density at radius 3 is 2.72 bits per heavy atom. The summed E-state index contributed by atoms with van der Waals surface area (Å²) in [6, 6.07) is 6.43. The summed E-state index contributed by atoms with van der Waals surface area (Å²) in [6.45, 7) is 8.81. The number of benzene rings is 1. The van der Waals surface area contributed by atoms with Gasteiger partial charge in [-0.3, -0.25) is 9.69 Å². The van der Waals surface area contributed by atoms with Crippen LogP contribution in [0.3, 0.4) is 0 Å². The predicted molar refractivity (Wildman–Crippen MR) is 112 cm³/mol. The molecule has 0 spiro atoms. The second kappa shape index (κ2) is 8.74. The van der Waals surface area contributed by atoms with Crippen molar-refractivity contribution in [3.05, 3.63) is 29.3 Å². The number of aliphatic carboxylic acids is 1. The van der Waals surface area contributed by atoms with E-state index in [1.165, 1.54) is 5.56 Å². The molecule has 0 radical (unpaired) electrons. The molecular weight excluding hydrogens is 368 g/mol. The molecule has 0 bridgehead atoms. The third kappa shape index (κ3) is 5.30. The van der Waals surface area contributed by atoms with Crippen molar-refractivity contribution < 1.29 is 19.4 Å². The zero-order chi connectivity index (χ0) is 21.2. The fourth-order valence-corrected chi connectivity index (χ4v) is 4.60. The molecule has 0 aliphatic carbocycles. The fraction of sp³-hybridized carbons (Fsp3) is 0.652. The molecule has 29 heavy (non-hydrogen) atoms. The Balaban J connectivity index is 1.77. The summed E-state index contributed by atoms with van der Waals surface area (Å²) >= 11 is 0. The van der Waals surface area contributed by atoms with E-state index in [1.54, 1.807) is 0 Å². The van der Waals surface area contributed by atoms with Crippen molar-refractivity contribution in [2.24, 2.45) is 5.92 Å². The predicted octanol–water partition coefficient (Wildman–Crippen LogP) is 3.28. The highest BCUT2D eigenvalue weighted by molar-refractivity contribution is 5.76. The van der Waals surface area contributed by atoms with E-state index in [-0.39, 0.29) is 17.9 Å². The van der Waals surface area contributed by atoms with Gasteiger partial charge in [-0.1, -0.05) is 32.9 Å². The minimum absolute atomic E-state index is 0.0113. The molecule has 6 heteroatoms. The summed E-state index contributed by atoms with van der Waals surface area (Å²) in [5, 5.41) is 9.01. The summed E-state index contributed by atoms with van der Waals surface area (Å²) in [5.41, 5.74) is 2.26. The van der Waals surface area contributed by atoms with Gasteiger partial charge in [-0.05, 0) is 42.2 Å². The summed E-state index contributed by atoms with van der Waals surface area (Å²) < 4.78 is 5.59. The number of piperidine rings is 1. The number of ether oxygens (including phenoxy) is 1. The Morgan fingerprint density at radius 2 is 2.03 bits per heavy atom. The van der Waals surface area contributed by atoms with Gasteiger partial charge in [0, 0.05) is 44.7 Å². The summed E-state index contributed by atoms with van der Waals surface area (Å²) in [4.78, 5) is 27.6. The smallest absolute Gasteiger partial charge is 0.341 e.